The molecule has 1 aromatic carbocycles. The summed E-state index contributed by atoms with van der Waals surface area (Å²) in [6, 6.07) is 10.5. The van der Waals surface area contributed by atoms with Crippen LogP contribution >= 0.6 is 24.2 Å². The lowest BCUT2D eigenvalue weighted by Crippen LogP contribution is -2.14. The van der Waals surface area contributed by atoms with Gasteiger partial charge in [-0.05, 0) is 47.7 Å². The maximum Gasteiger partial charge on any atom is 0.335 e. The third-order valence-corrected chi connectivity index (χ3v) is 4.78. The first-order valence-electron chi connectivity index (χ1n) is 8.12. The van der Waals surface area contributed by atoms with Crippen LogP contribution in [0.15, 0.2) is 46.0 Å². The van der Waals surface area contributed by atoms with E-state index in [-0.39, 0.29) is 18.0 Å². The summed E-state index contributed by atoms with van der Waals surface area (Å²) < 4.78 is 7.46. The van der Waals surface area contributed by atoms with Crippen LogP contribution in [0.3, 0.4) is 0 Å². The van der Waals surface area contributed by atoms with Gasteiger partial charge in [0, 0.05) is 18.4 Å². The minimum absolute atomic E-state index is 0. The van der Waals surface area contributed by atoms with Gasteiger partial charge in [-0.25, -0.2) is 9.48 Å². The fourth-order valence-corrected chi connectivity index (χ4v) is 3.11. The first-order valence-corrected chi connectivity index (χ1v) is 9.10. The lowest BCUT2D eigenvalue weighted by atomic mass is 10.1. The van der Waals surface area contributed by atoms with Crippen LogP contribution in [0.25, 0.3) is 11.3 Å². The third kappa shape index (κ3) is 5.81. The number of aryl methyl sites for hydroxylation is 1. The quantitative estimate of drug-likeness (QED) is 0.410. The van der Waals surface area contributed by atoms with Crippen molar-refractivity contribution in [2.75, 3.05) is 12.3 Å². The number of hydrogen-bond acceptors (Lipinski definition) is 7. The van der Waals surface area contributed by atoms with E-state index in [2.05, 4.69) is 20.8 Å². The van der Waals surface area contributed by atoms with Gasteiger partial charge in [0.15, 0.2) is 0 Å². The van der Waals surface area contributed by atoms with E-state index in [1.54, 1.807) is 40.7 Å². The van der Waals surface area contributed by atoms with E-state index in [1.807, 2.05) is 19.2 Å². The molecule has 0 saturated heterocycles. The minimum Gasteiger partial charge on any atom is -0.478 e. The summed E-state index contributed by atoms with van der Waals surface area (Å²) in [4.78, 5) is 10.9. The molecule has 0 aliphatic rings. The zero-order chi connectivity index (χ0) is 18.4. The van der Waals surface area contributed by atoms with Crippen molar-refractivity contribution in [2.45, 2.75) is 18.1 Å². The predicted octanol–water partition coefficient (Wildman–Crippen LogP) is 2.86. The second-order valence-electron chi connectivity index (χ2n) is 5.61. The van der Waals surface area contributed by atoms with E-state index < -0.39 is 5.97 Å². The molecule has 0 fully saturated rings. The van der Waals surface area contributed by atoms with Crippen LogP contribution in [-0.4, -0.2) is 43.6 Å². The van der Waals surface area contributed by atoms with Crippen molar-refractivity contribution < 1.29 is 14.3 Å². The number of halogens is 1. The van der Waals surface area contributed by atoms with Crippen LogP contribution < -0.4 is 5.32 Å². The number of furan rings is 1. The van der Waals surface area contributed by atoms with E-state index in [0.717, 1.165) is 41.0 Å². The second kappa shape index (κ2) is 10.1. The van der Waals surface area contributed by atoms with Gasteiger partial charge in [-0.3, -0.25) is 0 Å². The number of nitrogens with zero attached hydrogens (tertiary/aromatic N) is 4. The van der Waals surface area contributed by atoms with Gasteiger partial charge in [0.25, 0.3) is 0 Å². The molecule has 0 saturated carbocycles. The molecule has 3 aromatic rings. The van der Waals surface area contributed by atoms with E-state index in [1.165, 1.54) is 0 Å². The molecule has 144 valence electrons. The molecule has 0 radical (unpaired) electrons. The van der Waals surface area contributed by atoms with E-state index in [4.69, 9.17) is 9.52 Å². The summed E-state index contributed by atoms with van der Waals surface area (Å²) in [6.07, 6.45) is 0.988. The highest BCUT2D eigenvalue weighted by Crippen LogP contribution is 2.22. The van der Waals surface area contributed by atoms with Gasteiger partial charge in [-0.1, -0.05) is 23.9 Å². The molecule has 0 spiro atoms. The average Bonchev–Trinajstić information content (AvgIpc) is 3.27. The molecule has 0 atom stereocenters. The number of carboxylic acid groups (broad SMARTS) is 1. The molecule has 8 nitrogen and oxygen atoms in total. The number of carboxylic acids is 1. The smallest absolute Gasteiger partial charge is 0.335 e. The standard InChI is InChI=1S/C17H19N5O3S.ClH/c1-22-17(19-20-21-22)26-10-2-9-18-11-14-7-8-15(25-14)12-3-5-13(6-4-12)16(23)24;/h3-8,18H,2,9-11H2,1H3,(H,23,24);1H. The highest BCUT2D eigenvalue weighted by molar-refractivity contribution is 7.99. The molecule has 27 heavy (non-hydrogen) atoms. The SMILES string of the molecule is Cl.Cn1nnnc1SCCCNCc1ccc(-c2ccc(C(=O)O)cc2)o1. The van der Waals surface area contributed by atoms with Crippen LogP contribution in [0, 0.1) is 0 Å². The Labute approximate surface area is 166 Å². The van der Waals surface area contributed by atoms with Crippen molar-refractivity contribution in [3.8, 4) is 11.3 Å². The molecule has 0 unspecified atom stereocenters. The van der Waals surface area contributed by atoms with E-state index in [0.29, 0.717) is 6.54 Å². The maximum atomic E-state index is 10.9. The van der Waals surface area contributed by atoms with Crippen LogP contribution in [0.1, 0.15) is 22.5 Å². The molecule has 0 amide bonds. The molecular weight excluding hydrogens is 390 g/mol. The number of aromatic nitrogens is 4. The van der Waals surface area contributed by atoms with Crippen molar-refractivity contribution >= 4 is 30.1 Å². The summed E-state index contributed by atoms with van der Waals surface area (Å²) in [6.45, 7) is 1.50. The molecule has 0 aliphatic heterocycles. The zero-order valence-electron chi connectivity index (χ0n) is 14.7. The molecule has 2 N–H and O–H groups in total. The lowest BCUT2D eigenvalue weighted by molar-refractivity contribution is 0.0697. The zero-order valence-corrected chi connectivity index (χ0v) is 16.3. The number of benzene rings is 1. The molecular formula is C17H20ClN5O3S. The minimum atomic E-state index is -0.936. The Morgan fingerprint density at radius 2 is 2.04 bits per heavy atom. The molecule has 0 aliphatic carbocycles. The number of rotatable bonds is 9. The van der Waals surface area contributed by atoms with Gasteiger partial charge in [-0.2, -0.15) is 0 Å². The van der Waals surface area contributed by atoms with Crippen LogP contribution in [0.2, 0.25) is 0 Å². The topological polar surface area (TPSA) is 106 Å². The molecule has 0 bridgehead atoms. The number of hydrogen-bond donors (Lipinski definition) is 2. The van der Waals surface area contributed by atoms with Gasteiger partial charge in [0.2, 0.25) is 5.16 Å². The number of thioether (sulfide) groups is 1. The van der Waals surface area contributed by atoms with Gasteiger partial charge < -0.3 is 14.8 Å². The first-order chi connectivity index (χ1) is 12.6. The molecule has 2 heterocycles. The van der Waals surface area contributed by atoms with Gasteiger partial charge in [-0.15, -0.1) is 17.5 Å². The fourth-order valence-electron chi connectivity index (χ4n) is 2.32. The average molecular weight is 410 g/mol. The first kappa shape index (κ1) is 20.9. The summed E-state index contributed by atoms with van der Waals surface area (Å²) >= 11 is 1.63. The third-order valence-electron chi connectivity index (χ3n) is 3.69. The predicted molar refractivity (Wildman–Crippen MR) is 104 cm³/mol. The largest absolute Gasteiger partial charge is 0.478 e. The monoisotopic (exact) mass is 409 g/mol. The molecule has 10 heteroatoms. The van der Waals surface area contributed by atoms with Crippen molar-refractivity contribution in [3.63, 3.8) is 0 Å². The number of tetrazole rings is 1. The van der Waals surface area contributed by atoms with Gasteiger partial charge >= 0.3 is 5.97 Å². The van der Waals surface area contributed by atoms with Crippen molar-refractivity contribution in [2.24, 2.45) is 7.05 Å². The summed E-state index contributed by atoms with van der Waals surface area (Å²) in [5, 5.41) is 24.4. The van der Waals surface area contributed by atoms with Crippen LogP contribution in [0.4, 0.5) is 0 Å². The van der Waals surface area contributed by atoms with Crippen molar-refractivity contribution in [1.29, 1.82) is 0 Å². The lowest BCUT2D eigenvalue weighted by Gasteiger charge is -2.03. The summed E-state index contributed by atoms with van der Waals surface area (Å²) in [5.74, 6) is 1.56. The fraction of sp³-hybridized carbons (Fsp3) is 0.294. The normalized spacial score (nSPS) is 10.6. The van der Waals surface area contributed by atoms with E-state index >= 15 is 0 Å². The Morgan fingerprint density at radius 3 is 2.70 bits per heavy atom. The van der Waals surface area contributed by atoms with Crippen molar-refractivity contribution in [1.82, 2.24) is 25.5 Å². The number of carbonyl (C=O) groups is 1. The number of nitrogens with one attached hydrogen (secondary N) is 1. The highest BCUT2D eigenvalue weighted by Gasteiger charge is 2.07. The summed E-state index contributed by atoms with van der Waals surface area (Å²) in [7, 11) is 1.82. The number of aromatic carboxylic acids is 1. The van der Waals surface area contributed by atoms with Crippen LogP contribution in [0.5, 0.6) is 0 Å². The Balaban J connectivity index is 0.00000261. The Kier molecular flexibility index (Phi) is 7.83. The maximum absolute atomic E-state index is 10.9. The highest BCUT2D eigenvalue weighted by atomic mass is 35.5. The second-order valence-corrected chi connectivity index (χ2v) is 6.67. The summed E-state index contributed by atoms with van der Waals surface area (Å²) in [5.41, 5.74) is 1.12. The molecule has 2 aromatic heterocycles. The van der Waals surface area contributed by atoms with E-state index in [9.17, 15) is 4.79 Å². The Hall–Kier alpha value is -2.36. The Morgan fingerprint density at radius 1 is 1.26 bits per heavy atom. The van der Waals surface area contributed by atoms with Gasteiger partial charge in [0.05, 0.1) is 12.1 Å². The van der Waals surface area contributed by atoms with Crippen molar-refractivity contribution in [3.05, 3.63) is 47.7 Å². The van der Waals surface area contributed by atoms with Gasteiger partial charge in [0.1, 0.15) is 11.5 Å². The molecule has 3 rings (SSSR count). The van der Waals surface area contributed by atoms with Crippen LogP contribution in [-0.2, 0) is 13.6 Å². The Bertz CT molecular complexity index is 866.